The Labute approximate surface area is 227 Å². The van der Waals surface area contributed by atoms with Crippen LogP contribution in [0.3, 0.4) is 0 Å². The lowest BCUT2D eigenvalue weighted by Gasteiger charge is -2.32. The SMILES string of the molecule is CS(=O)(=O)c1ccc(OS(=O)(=O)C(F)(F)C(F)(F)C(F)(F)C(F)(F)F)cc1.c1ccc([SH+]c2ccccc2)cc1. The average Bonchev–Trinajstić information content (AvgIpc) is 2.84. The Hall–Kier alpha value is -2.92. The molecule has 3 rings (SSSR count). The third-order valence-electron chi connectivity index (χ3n) is 4.66. The van der Waals surface area contributed by atoms with Gasteiger partial charge in [-0.25, -0.2) is 8.42 Å². The van der Waals surface area contributed by atoms with Crippen molar-refractivity contribution in [2.45, 2.75) is 38.0 Å². The maximum Gasteiger partial charge on any atom is 0.460 e. The fourth-order valence-corrected chi connectivity index (χ4v) is 5.08. The van der Waals surface area contributed by atoms with E-state index in [2.05, 4.69) is 52.7 Å². The van der Waals surface area contributed by atoms with Crippen LogP contribution in [-0.4, -0.2) is 46.4 Å². The molecule has 0 radical (unpaired) electrons. The Balaban J connectivity index is 0.000000355. The summed E-state index contributed by atoms with van der Waals surface area (Å²) in [5.74, 6) is -16.1. The van der Waals surface area contributed by atoms with Crippen LogP contribution in [0.15, 0.2) is 99.6 Å². The summed E-state index contributed by atoms with van der Waals surface area (Å²) >= 11 is 1.28. The number of sulfone groups is 1. The molecule has 0 aliphatic heterocycles. The fraction of sp³-hybridized carbons (Fsp3) is 0.217. The first kappa shape index (κ1) is 33.3. The van der Waals surface area contributed by atoms with Crippen LogP contribution in [-0.2, 0) is 31.7 Å². The van der Waals surface area contributed by atoms with Gasteiger partial charge < -0.3 is 4.18 Å². The van der Waals surface area contributed by atoms with Crippen molar-refractivity contribution in [3.05, 3.63) is 84.9 Å². The molecule has 0 bridgehead atoms. The van der Waals surface area contributed by atoms with E-state index in [1.807, 2.05) is 12.1 Å². The molecule has 3 aromatic carbocycles. The molecule has 0 heterocycles. The van der Waals surface area contributed by atoms with Crippen molar-refractivity contribution in [2.24, 2.45) is 0 Å². The predicted molar refractivity (Wildman–Crippen MR) is 128 cm³/mol. The maximum atomic E-state index is 13.4. The second-order valence-corrected chi connectivity index (χ2v) is 12.6. The third kappa shape index (κ3) is 7.42. The minimum atomic E-state index is -7.43. The highest BCUT2D eigenvalue weighted by atomic mass is 32.2. The van der Waals surface area contributed by atoms with Crippen LogP contribution in [0.4, 0.5) is 39.5 Å². The Morgan fingerprint density at radius 2 is 1.00 bits per heavy atom. The number of thiol groups is 1. The second kappa shape index (κ2) is 11.9. The van der Waals surface area contributed by atoms with Gasteiger partial charge in [-0.3, -0.25) is 0 Å². The number of halogens is 9. The number of rotatable bonds is 8. The van der Waals surface area contributed by atoms with Crippen LogP contribution in [0.1, 0.15) is 0 Å². The van der Waals surface area contributed by atoms with E-state index < -0.39 is 53.9 Å². The Bertz CT molecular complexity index is 1440. The number of alkyl halides is 9. The lowest BCUT2D eigenvalue weighted by molar-refractivity contribution is -0.382. The molecular weight excluding hydrogens is 623 g/mol. The summed E-state index contributed by atoms with van der Waals surface area (Å²) in [5.41, 5.74) is 0. The topological polar surface area (TPSA) is 77.5 Å². The second-order valence-electron chi connectivity index (χ2n) is 7.73. The summed E-state index contributed by atoms with van der Waals surface area (Å²) in [6, 6.07) is 22.9. The largest absolute Gasteiger partial charge is 0.460 e. The van der Waals surface area contributed by atoms with Gasteiger partial charge in [-0.15, -0.1) is 0 Å². The Morgan fingerprint density at radius 1 is 0.600 bits per heavy atom. The molecule has 0 unspecified atom stereocenters. The van der Waals surface area contributed by atoms with Crippen LogP contribution in [0, 0.1) is 0 Å². The maximum absolute atomic E-state index is 13.4. The molecule has 0 aromatic heterocycles. The van der Waals surface area contributed by atoms with E-state index >= 15 is 0 Å². The van der Waals surface area contributed by atoms with Gasteiger partial charge in [-0.1, -0.05) is 36.4 Å². The first-order valence-corrected chi connectivity index (χ1v) is 14.6. The molecule has 220 valence electrons. The minimum absolute atomic E-state index is 0.379. The van der Waals surface area contributed by atoms with Gasteiger partial charge in [-0.2, -0.15) is 47.9 Å². The van der Waals surface area contributed by atoms with Gasteiger partial charge in [0.2, 0.25) is 0 Å². The Kier molecular flexibility index (Phi) is 9.90. The molecule has 0 N–H and O–H groups in total. The number of benzene rings is 3. The molecular formula is C23H18F9O5S3+. The number of hydrogen-bond donors (Lipinski definition) is 0. The van der Waals surface area contributed by atoms with E-state index in [0.717, 1.165) is 0 Å². The molecule has 0 amide bonds. The summed E-state index contributed by atoms with van der Waals surface area (Å²) < 4.78 is 163. The number of hydrogen-bond acceptors (Lipinski definition) is 5. The van der Waals surface area contributed by atoms with Gasteiger partial charge >= 0.3 is 33.4 Å². The summed E-state index contributed by atoms with van der Waals surface area (Å²) in [6.07, 6.45) is -6.51. The highest BCUT2D eigenvalue weighted by Gasteiger charge is 2.86. The molecule has 5 nitrogen and oxygen atoms in total. The zero-order chi connectivity index (χ0) is 30.6. The lowest BCUT2D eigenvalue weighted by atomic mass is 10.1. The van der Waals surface area contributed by atoms with Crippen molar-refractivity contribution >= 4 is 31.7 Å². The van der Waals surface area contributed by atoms with E-state index in [-0.39, 0.29) is 0 Å². The van der Waals surface area contributed by atoms with Crippen molar-refractivity contribution in [1.82, 2.24) is 0 Å². The van der Waals surface area contributed by atoms with Crippen molar-refractivity contribution in [3.63, 3.8) is 0 Å². The molecule has 0 fully saturated rings. The zero-order valence-electron chi connectivity index (χ0n) is 19.8. The van der Waals surface area contributed by atoms with Gasteiger partial charge in [0.15, 0.2) is 19.6 Å². The van der Waals surface area contributed by atoms with Gasteiger partial charge in [0.1, 0.15) is 5.75 Å². The van der Waals surface area contributed by atoms with E-state index in [9.17, 15) is 56.3 Å². The normalized spacial score (nSPS) is 13.2. The first-order valence-electron chi connectivity index (χ1n) is 10.4. The van der Waals surface area contributed by atoms with E-state index in [1.54, 1.807) is 0 Å². The summed E-state index contributed by atoms with van der Waals surface area (Å²) in [6.45, 7) is 0. The van der Waals surface area contributed by atoms with Gasteiger partial charge in [0.05, 0.1) is 4.90 Å². The lowest BCUT2D eigenvalue weighted by Crippen LogP contribution is -2.63. The summed E-state index contributed by atoms with van der Waals surface area (Å²) in [4.78, 5) is 2.19. The smallest absolute Gasteiger partial charge is 0.378 e. The highest BCUT2D eigenvalue weighted by Crippen LogP contribution is 2.54. The molecule has 3 aromatic rings. The van der Waals surface area contributed by atoms with Crippen molar-refractivity contribution in [3.8, 4) is 5.75 Å². The van der Waals surface area contributed by atoms with Crippen LogP contribution >= 0.6 is 0 Å². The zero-order valence-corrected chi connectivity index (χ0v) is 22.3. The van der Waals surface area contributed by atoms with Crippen LogP contribution < -0.4 is 4.18 Å². The van der Waals surface area contributed by atoms with E-state index in [0.29, 0.717) is 30.5 Å². The first-order chi connectivity index (χ1) is 18.1. The molecule has 0 spiro atoms. The molecule has 0 atom stereocenters. The van der Waals surface area contributed by atoms with Crippen molar-refractivity contribution in [1.29, 1.82) is 0 Å². The van der Waals surface area contributed by atoms with Gasteiger partial charge in [-0.05, 0) is 48.5 Å². The van der Waals surface area contributed by atoms with Crippen LogP contribution in [0.25, 0.3) is 0 Å². The van der Waals surface area contributed by atoms with E-state index in [4.69, 9.17) is 0 Å². The van der Waals surface area contributed by atoms with Crippen molar-refractivity contribution < 1.29 is 60.5 Å². The third-order valence-corrected chi connectivity index (χ3v) is 8.20. The standard InChI is InChI=1S/C12H10S.C11H7F9O5S2/c1-3-7-11(8-4-1)13-12-9-5-2-6-10-12;1-26(21,22)7-4-2-6(3-5-7)25-27(23,24)11(19,20)9(14,15)8(12,13)10(16,17)18/h1-10H;2-5H,1H3/p+1. The minimum Gasteiger partial charge on any atom is -0.378 e. The monoisotopic (exact) mass is 641 g/mol. The molecule has 0 saturated heterocycles. The van der Waals surface area contributed by atoms with Crippen LogP contribution in [0.5, 0.6) is 5.75 Å². The summed E-state index contributed by atoms with van der Waals surface area (Å²) in [7, 11) is -10.9. The highest BCUT2D eigenvalue weighted by molar-refractivity contribution is 7.90. The van der Waals surface area contributed by atoms with Gasteiger partial charge in [0, 0.05) is 18.0 Å². The van der Waals surface area contributed by atoms with E-state index in [1.165, 1.54) is 21.6 Å². The molecule has 17 heteroatoms. The predicted octanol–water partition coefficient (Wildman–Crippen LogP) is 6.14. The van der Waals surface area contributed by atoms with Crippen molar-refractivity contribution in [2.75, 3.05) is 6.26 Å². The molecule has 0 saturated carbocycles. The van der Waals surface area contributed by atoms with Crippen LogP contribution in [0.2, 0.25) is 0 Å². The molecule has 40 heavy (non-hydrogen) atoms. The average molecular weight is 642 g/mol. The van der Waals surface area contributed by atoms with Gasteiger partial charge in [0.25, 0.3) is 0 Å². The Morgan fingerprint density at radius 3 is 1.35 bits per heavy atom. The summed E-state index contributed by atoms with van der Waals surface area (Å²) in [5, 5.41) is -7.01. The quantitative estimate of drug-likeness (QED) is 0.128. The fourth-order valence-electron chi connectivity index (χ4n) is 2.59. The molecule has 0 aliphatic carbocycles. The molecule has 0 aliphatic rings.